The molecule has 0 amide bonds. The molecule has 0 atom stereocenters. The van der Waals surface area contributed by atoms with E-state index >= 15 is 0 Å². The van der Waals surface area contributed by atoms with Gasteiger partial charge in [-0.05, 0) is 37.3 Å². The lowest BCUT2D eigenvalue weighted by Crippen LogP contribution is -2.08. The van der Waals surface area contributed by atoms with Crippen LogP contribution in [0.4, 0.5) is 5.69 Å². The van der Waals surface area contributed by atoms with Gasteiger partial charge in [-0.15, -0.1) is 0 Å². The molecule has 0 aliphatic carbocycles. The number of nitrogens with two attached hydrogens (primary N) is 1. The van der Waals surface area contributed by atoms with Crippen molar-refractivity contribution >= 4 is 23.4 Å². The van der Waals surface area contributed by atoms with Crippen molar-refractivity contribution in [3.8, 4) is 0 Å². The summed E-state index contributed by atoms with van der Waals surface area (Å²) < 4.78 is 4.62. The minimum atomic E-state index is -0.539. The fraction of sp³-hybridized carbons (Fsp3) is 0.154. The number of hydrogen-bond donors (Lipinski definition) is 1. The van der Waals surface area contributed by atoms with E-state index in [1.54, 1.807) is 6.92 Å². The van der Waals surface area contributed by atoms with Crippen LogP contribution in [-0.4, -0.2) is 23.0 Å². The quantitative estimate of drug-likeness (QED) is 0.526. The Morgan fingerprint density at radius 1 is 1.26 bits per heavy atom. The van der Waals surface area contributed by atoms with Crippen molar-refractivity contribution in [1.29, 1.82) is 0 Å². The van der Waals surface area contributed by atoms with Gasteiger partial charge in [-0.1, -0.05) is 11.8 Å². The van der Waals surface area contributed by atoms with Crippen LogP contribution in [0.1, 0.15) is 16.3 Å². The van der Waals surface area contributed by atoms with Crippen molar-refractivity contribution in [3.05, 3.63) is 41.9 Å². The molecule has 1 heterocycles. The normalized spacial score (nSPS) is 10.2. The first-order valence-corrected chi connectivity index (χ1v) is 6.37. The number of anilines is 1. The Labute approximate surface area is 115 Å². The van der Waals surface area contributed by atoms with Gasteiger partial charge in [0.1, 0.15) is 5.03 Å². The Hall–Kier alpha value is -2.08. The number of nitrogen functional groups attached to an aromatic ring is 1. The van der Waals surface area contributed by atoms with E-state index in [1.165, 1.54) is 18.9 Å². The number of benzene rings is 1. The zero-order chi connectivity index (χ0) is 13.8. The van der Waals surface area contributed by atoms with Gasteiger partial charge in [-0.2, -0.15) is 0 Å². The lowest BCUT2D eigenvalue weighted by atomic mass is 10.3. The molecule has 5 nitrogen and oxygen atoms in total. The minimum absolute atomic E-state index is 0.0699. The summed E-state index contributed by atoms with van der Waals surface area (Å²) in [5, 5.41) is 0.692. The second-order valence-electron chi connectivity index (χ2n) is 3.83. The molecule has 2 aromatic rings. The standard InChI is InChI=1S/C13H13N3O2S/c1-8-7-11(16-12(15-8)13(17)18-2)19-10-5-3-9(14)4-6-10/h3-7H,14H2,1-2H3. The molecule has 0 saturated carbocycles. The number of rotatable bonds is 3. The topological polar surface area (TPSA) is 78.1 Å². The number of aryl methyl sites for hydroxylation is 1. The maximum atomic E-state index is 11.4. The average molecular weight is 275 g/mol. The SMILES string of the molecule is COC(=O)c1nc(C)cc(Sc2ccc(N)cc2)n1. The first-order chi connectivity index (χ1) is 9.08. The van der Waals surface area contributed by atoms with Gasteiger partial charge in [-0.25, -0.2) is 14.8 Å². The third kappa shape index (κ3) is 3.45. The van der Waals surface area contributed by atoms with Crippen molar-refractivity contribution in [2.75, 3.05) is 12.8 Å². The van der Waals surface area contributed by atoms with E-state index in [1.807, 2.05) is 30.3 Å². The number of aromatic nitrogens is 2. The highest BCUT2D eigenvalue weighted by atomic mass is 32.2. The molecule has 6 heteroatoms. The van der Waals surface area contributed by atoms with E-state index in [-0.39, 0.29) is 5.82 Å². The Morgan fingerprint density at radius 3 is 2.58 bits per heavy atom. The van der Waals surface area contributed by atoms with Crippen molar-refractivity contribution in [2.24, 2.45) is 0 Å². The summed E-state index contributed by atoms with van der Waals surface area (Å²) in [6.07, 6.45) is 0. The summed E-state index contributed by atoms with van der Waals surface area (Å²) >= 11 is 1.44. The highest BCUT2D eigenvalue weighted by molar-refractivity contribution is 7.99. The molecule has 0 fully saturated rings. The van der Waals surface area contributed by atoms with Crippen LogP contribution in [0.3, 0.4) is 0 Å². The van der Waals surface area contributed by atoms with Crippen LogP contribution >= 0.6 is 11.8 Å². The van der Waals surface area contributed by atoms with Gasteiger partial charge in [0.25, 0.3) is 0 Å². The Kier molecular flexibility index (Phi) is 4.01. The number of methoxy groups -OCH3 is 1. The van der Waals surface area contributed by atoms with Gasteiger partial charge in [0.2, 0.25) is 5.82 Å². The fourth-order valence-electron chi connectivity index (χ4n) is 1.43. The number of carbonyl (C=O) groups excluding carboxylic acids is 1. The first kappa shape index (κ1) is 13.4. The Balaban J connectivity index is 2.27. The van der Waals surface area contributed by atoms with Crippen LogP contribution in [0, 0.1) is 6.92 Å². The van der Waals surface area contributed by atoms with Crippen LogP contribution in [0.15, 0.2) is 40.3 Å². The van der Waals surface area contributed by atoms with Crippen LogP contribution in [0.25, 0.3) is 0 Å². The Morgan fingerprint density at radius 2 is 1.95 bits per heavy atom. The van der Waals surface area contributed by atoms with E-state index in [2.05, 4.69) is 14.7 Å². The molecule has 98 valence electrons. The maximum Gasteiger partial charge on any atom is 0.376 e. The van der Waals surface area contributed by atoms with Gasteiger partial charge in [0, 0.05) is 16.3 Å². The number of hydrogen-bond acceptors (Lipinski definition) is 6. The van der Waals surface area contributed by atoms with E-state index < -0.39 is 5.97 Å². The lowest BCUT2D eigenvalue weighted by molar-refractivity contribution is 0.0585. The lowest BCUT2D eigenvalue weighted by Gasteiger charge is -2.05. The fourth-order valence-corrected chi connectivity index (χ4v) is 2.31. The predicted octanol–water partition coefficient (Wildman–Crippen LogP) is 2.31. The molecule has 2 N–H and O–H groups in total. The monoisotopic (exact) mass is 275 g/mol. The molecular weight excluding hydrogens is 262 g/mol. The second-order valence-corrected chi connectivity index (χ2v) is 4.93. The molecule has 2 rings (SSSR count). The van der Waals surface area contributed by atoms with Crippen LogP contribution in [-0.2, 0) is 4.74 Å². The highest BCUT2D eigenvalue weighted by Crippen LogP contribution is 2.27. The summed E-state index contributed by atoms with van der Waals surface area (Å²) in [6.45, 7) is 1.81. The molecule has 19 heavy (non-hydrogen) atoms. The average Bonchev–Trinajstić information content (AvgIpc) is 2.40. The van der Waals surface area contributed by atoms with Gasteiger partial charge < -0.3 is 10.5 Å². The maximum absolute atomic E-state index is 11.4. The summed E-state index contributed by atoms with van der Waals surface area (Å²) in [5.41, 5.74) is 7.05. The third-order valence-corrected chi connectivity index (χ3v) is 3.23. The molecule has 0 bridgehead atoms. The molecule has 0 aliphatic heterocycles. The van der Waals surface area contributed by atoms with E-state index in [0.29, 0.717) is 16.4 Å². The van der Waals surface area contributed by atoms with E-state index in [4.69, 9.17) is 5.73 Å². The van der Waals surface area contributed by atoms with E-state index in [0.717, 1.165) is 4.90 Å². The third-order valence-electron chi connectivity index (χ3n) is 2.30. The predicted molar refractivity (Wildman–Crippen MR) is 73.1 cm³/mol. The van der Waals surface area contributed by atoms with Crippen molar-refractivity contribution in [1.82, 2.24) is 9.97 Å². The summed E-state index contributed by atoms with van der Waals surface area (Å²) in [7, 11) is 1.31. The molecule has 0 unspecified atom stereocenters. The zero-order valence-corrected chi connectivity index (χ0v) is 11.4. The number of esters is 1. The first-order valence-electron chi connectivity index (χ1n) is 5.56. The number of carbonyl (C=O) groups is 1. The van der Waals surface area contributed by atoms with Crippen molar-refractivity contribution in [3.63, 3.8) is 0 Å². The summed E-state index contributed by atoms with van der Waals surface area (Å²) in [5.74, 6) is -0.469. The largest absolute Gasteiger partial charge is 0.463 e. The van der Waals surface area contributed by atoms with Crippen LogP contribution in [0.5, 0.6) is 0 Å². The Bertz CT molecular complexity index is 599. The minimum Gasteiger partial charge on any atom is -0.463 e. The smallest absolute Gasteiger partial charge is 0.376 e. The molecule has 1 aromatic heterocycles. The van der Waals surface area contributed by atoms with Gasteiger partial charge in [0.15, 0.2) is 0 Å². The number of nitrogens with zero attached hydrogens (tertiary/aromatic N) is 2. The molecular formula is C13H13N3O2S. The molecule has 0 aliphatic rings. The zero-order valence-electron chi connectivity index (χ0n) is 10.6. The van der Waals surface area contributed by atoms with Gasteiger partial charge in [0.05, 0.1) is 7.11 Å². The second kappa shape index (κ2) is 5.71. The van der Waals surface area contributed by atoms with Crippen LogP contribution < -0.4 is 5.73 Å². The molecule has 0 saturated heterocycles. The molecule has 0 spiro atoms. The molecule has 1 aromatic carbocycles. The van der Waals surface area contributed by atoms with Crippen LogP contribution in [0.2, 0.25) is 0 Å². The number of ether oxygens (including phenoxy) is 1. The van der Waals surface area contributed by atoms with E-state index in [9.17, 15) is 4.79 Å². The van der Waals surface area contributed by atoms with Gasteiger partial charge >= 0.3 is 5.97 Å². The van der Waals surface area contributed by atoms with Crippen molar-refractivity contribution in [2.45, 2.75) is 16.8 Å². The highest BCUT2D eigenvalue weighted by Gasteiger charge is 2.12. The van der Waals surface area contributed by atoms with Crippen molar-refractivity contribution < 1.29 is 9.53 Å². The summed E-state index contributed by atoms with van der Waals surface area (Å²) in [4.78, 5) is 20.6. The van der Waals surface area contributed by atoms with Gasteiger partial charge in [-0.3, -0.25) is 0 Å². The summed E-state index contributed by atoms with van der Waals surface area (Å²) in [6, 6.07) is 9.24. The molecule has 0 radical (unpaired) electrons.